The van der Waals surface area contributed by atoms with Crippen LogP contribution in [0, 0.1) is 6.92 Å². The van der Waals surface area contributed by atoms with E-state index in [2.05, 4.69) is 0 Å². The van der Waals surface area contributed by atoms with Crippen molar-refractivity contribution >= 4 is 17.9 Å². The van der Waals surface area contributed by atoms with Gasteiger partial charge in [0.05, 0.1) is 0 Å². The fraction of sp³-hybridized carbons (Fsp3) is 0.344. The normalized spacial score (nSPS) is 21.9. The maximum Gasteiger partial charge on any atom is 0.305 e. The van der Waals surface area contributed by atoms with Crippen molar-refractivity contribution < 1.29 is 43.2 Å². The van der Waals surface area contributed by atoms with Gasteiger partial charge in [-0.05, 0) is 53.3 Å². The zero-order valence-corrected chi connectivity index (χ0v) is 23.4. The van der Waals surface area contributed by atoms with Crippen LogP contribution in [0.5, 0.6) is 5.75 Å². The molecule has 5 atom stereocenters. The Balaban J connectivity index is 1.55. The standard InChI is InChI=1S/C32H34O9/c1-19-10-13-25(17-26(19)16-23-11-14-27(15-12-23)37-18-24-8-6-5-7-9-24)29-30(38-20(2)33)28(36)31(39-21(3)34)32(41-29)40-22(4)35/h5-15,17,28-32,36H,16,18H2,1-4H3/t28-,29+,30-,31+,32?/m1/s1. The van der Waals surface area contributed by atoms with Crippen LogP contribution in [0.4, 0.5) is 0 Å². The van der Waals surface area contributed by atoms with Crippen LogP contribution in [0.25, 0.3) is 0 Å². The number of hydrogen-bond donors (Lipinski definition) is 1. The van der Waals surface area contributed by atoms with Gasteiger partial charge in [-0.15, -0.1) is 0 Å². The molecule has 216 valence electrons. The smallest absolute Gasteiger partial charge is 0.305 e. The molecule has 1 aliphatic heterocycles. The summed E-state index contributed by atoms with van der Waals surface area (Å²) in [6, 6.07) is 23.4. The SMILES string of the molecule is CC(=O)OC1O[C@@H](c2ccc(C)c(Cc3ccc(OCc4ccccc4)cc3)c2)[C@H](OC(C)=O)[C@@H](O)[C@@H]1OC(C)=O. The maximum absolute atomic E-state index is 11.9. The van der Waals surface area contributed by atoms with Gasteiger partial charge in [0.1, 0.15) is 24.6 Å². The molecule has 0 aromatic heterocycles. The summed E-state index contributed by atoms with van der Waals surface area (Å²) in [5.41, 5.74) is 4.73. The number of aliphatic hydroxyl groups is 1. The van der Waals surface area contributed by atoms with E-state index in [-0.39, 0.29) is 0 Å². The highest BCUT2D eigenvalue weighted by Gasteiger charge is 2.51. The summed E-state index contributed by atoms with van der Waals surface area (Å²) >= 11 is 0. The zero-order chi connectivity index (χ0) is 29.5. The fourth-order valence-electron chi connectivity index (χ4n) is 4.72. The number of carbonyl (C=O) groups is 3. The monoisotopic (exact) mass is 562 g/mol. The Kier molecular flexibility index (Phi) is 9.75. The van der Waals surface area contributed by atoms with Crippen molar-refractivity contribution in [1.29, 1.82) is 0 Å². The molecule has 4 rings (SSSR count). The summed E-state index contributed by atoms with van der Waals surface area (Å²) in [6.07, 6.45) is -5.94. The van der Waals surface area contributed by atoms with Crippen molar-refractivity contribution in [2.24, 2.45) is 0 Å². The van der Waals surface area contributed by atoms with E-state index in [0.29, 0.717) is 18.6 Å². The second kappa shape index (κ2) is 13.4. The predicted molar refractivity (Wildman–Crippen MR) is 148 cm³/mol. The maximum atomic E-state index is 11.9. The van der Waals surface area contributed by atoms with Crippen molar-refractivity contribution in [2.75, 3.05) is 0 Å². The number of ether oxygens (including phenoxy) is 5. The van der Waals surface area contributed by atoms with Gasteiger partial charge in [-0.25, -0.2) is 0 Å². The molecule has 0 radical (unpaired) electrons. The molecule has 1 N–H and O–H groups in total. The average Bonchev–Trinajstić information content (AvgIpc) is 2.93. The molecule has 1 fully saturated rings. The van der Waals surface area contributed by atoms with Crippen LogP contribution in [-0.4, -0.2) is 47.6 Å². The van der Waals surface area contributed by atoms with Crippen LogP contribution in [-0.2, 0) is 46.4 Å². The molecule has 9 heteroatoms. The molecule has 1 aliphatic rings. The van der Waals surface area contributed by atoms with Crippen LogP contribution in [0.2, 0.25) is 0 Å². The predicted octanol–water partition coefficient (Wildman–Crippen LogP) is 4.35. The summed E-state index contributed by atoms with van der Waals surface area (Å²) in [5.74, 6) is -1.30. The van der Waals surface area contributed by atoms with E-state index in [1.54, 1.807) is 6.07 Å². The highest BCUT2D eigenvalue weighted by molar-refractivity contribution is 5.68. The Bertz CT molecular complexity index is 1350. The van der Waals surface area contributed by atoms with E-state index in [4.69, 9.17) is 23.7 Å². The van der Waals surface area contributed by atoms with E-state index in [0.717, 1.165) is 34.9 Å². The molecular weight excluding hydrogens is 528 g/mol. The molecule has 0 spiro atoms. The highest BCUT2D eigenvalue weighted by Crippen LogP contribution is 2.37. The van der Waals surface area contributed by atoms with Crippen LogP contribution < -0.4 is 4.74 Å². The first-order valence-electron chi connectivity index (χ1n) is 13.3. The number of aliphatic hydroxyl groups excluding tert-OH is 1. The molecular formula is C32H34O9. The molecule has 41 heavy (non-hydrogen) atoms. The number of benzene rings is 3. The summed E-state index contributed by atoms with van der Waals surface area (Å²) in [6.45, 7) is 5.99. The third-order valence-electron chi connectivity index (χ3n) is 6.67. The lowest BCUT2D eigenvalue weighted by molar-refractivity contribution is -0.296. The summed E-state index contributed by atoms with van der Waals surface area (Å²) < 4.78 is 27.8. The van der Waals surface area contributed by atoms with Gasteiger partial charge >= 0.3 is 17.9 Å². The molecule has 9 nitrogen and oxygen atoms in total. The fourth-order valence-corrected chi connectivity index (χ4v) is 4.72. The van der Waals surface area contributed by atoms with Gasteiger partial charge < -0.3 is 28.8 Å². The van der Waals surface area contributed by atoms with E-state index in [9.17, 15) is 19.5 Å². The molecule has 3 aromatic carbocycles. The number of aryl methyl sites for hydroxylation is 1. The first-order valence-corrected chi connectivity index (χ1v) is 13.3. The lowest BCUT2D eigenvalue weighted by Crippen LogP contribution is -2.58. The zero-order valence-electron chi connectivity index (χ0n) is 23.4. The number of hydrogen-bond acceptors (Lipinski definition) is 9. The quantitative estimate of drug-likeness (QED) is 0.300. The van der Waals surface area contributed by atoms with Crippen molar-refractivity contribution in [3.8, 4) is 5.75 Å². The lowest BCUT2D eigenvalue weighted by Gasteiger charge is -2.42. The first kappa shape index (κ1) is 29.8. The Morgan fingerprint density at radius 2 is 1.41 bits per heavy atom. The topological polar surface area (TPSA) is 118 Å². The second-order valence-electron chi connectivity index (χ2n) is 9.95. The van der Waals surface area contributed by atoms with Gasteiger partial charge in [-0.2, -0.15) is 0 Å². The molecule has 1 heterocycles. The van der Waals surface area contributed by atoms with E-state index >= 15 is 0 Å². The largest absolute Gasteiger partial charge is 0.489 e. The Labute approximate surface area is 238 Å². The van der Waals surface area contributed by atoms with Gasteiger partial charge in [-0.3, -0.25) is 14.4 Å². The van der Waals surface area contributed by atoms with Gasteiger partial charge in [0.25, 0.3) is 0 Å². The van der Waals surface area contributed by atoms with Gasteiger partial charge in [0.15, 0.2) is 12.2 Å². The van der Waals surface area contributed by atoms with Crippen molar-refractivity contribution in [1.82, 2.24) is 0 Å². The van der Waals surface area contributed by atoms with Crippen molar-refractivity contribution in [3.05, 3.63) is 101 Å². The van der Waals surface area contributed by atoms with Gasteiger partial charge in [-0.1, -0.05) is 60.7 Å². The van der Waals surface area contributed by atoms with E-state index in [1.807, 2.05) is 73.7 Å². The molecule has 0 saturated carbocycles. The minimum absolute atomic E-state index is 0.477. The lowest BCUT2D eigenvalue weighted by atomic mass is 9.90. The Morgan fingerprint density at radius 3 is 2.05 bits per heavy atom. The Morgan fingerprint density at radius 1 is 0.780 bits per heavy atom. The van der Waals surface area contributed by atoms with Crippen LogP contribution in [0.15, 0.2) is 72.8 Å². The van der Waals surface area contributed by atoms with Crippen molar-refractivity contribution in [3.63, 3.8) is 0 Å². The minimum atomic E-state index is -1.51. The minimum Gasteiger partial charge on any atom is -0.489 e. The first-order chi connectivity index (χ1) is 19.6. The molecule has 0 aliphatic carbocycles. The van der Waals surface area contributed by atoms with E-state index < -0.39 is 48.6 Å². The van der Waals surface area contributed by atoms with Gasteiger partial charge in [0.2, 0.25) is 6.29 Å². The molecule has 3 aromatic rings. The Hall–Kier alpha value is -4.21. The summed E-state index contributed by atoms with van der Waals surface area (Å²) in [4.78, 5) is 35.4. The van der Waals surface area contributed by atoms with E-state index in [1.165, 1.54) is 13.8 Å². The number of rotatable bonds is 9. The third kappa shape index (κ3) is 7.93. The number of esters is 3. The number of carbonyl (C=O) groups excluding carboxylic acids is 3. The third-order valence-corrected chi connectivity index (χ3v) is 6.67. The van der Waals surface area contributed by atoms with Crippen LogP contribution in [0.3, 0.4) is 0 Å². The van der Waals surface area contributed by atoms with Gasteiger partial charge in [0, 0.05) is 20.8 Å². The molecule has 1 saturated heterocycles. The van der Waals surface area contributed by atoms with Crippen molar-refractivity contribution in [2.45, 2.75) is 71.4 Å². The average molecular weight is 563 g/mol. The van der Waals surface area contributed by atoms with Crippen LogP contribution >= 0.6 is 0 Å². The highest BCUT2D eigenvalue weighted by atomic mass is 16.7. The summed E-state index contributed by atoms with van der Waals surface area (Å²) in [5, 5.41) is 11.1. The molecule has 1 unspecified atom stereocenters. The molecule has 0 bridgehead atoms. The second-order valence-corrected chi connectivity index (χ2v) is 9.95. The summed E-state index contributed by atoms with van der Waals surface area (Å²) in [7, 11) is 0. The molecule has 0 amide bonds. The van der Waals surface area contributed by atoms with Crippen LogP contribution in [0.1, 0.15) is 54.7 Å².